The Labute approximate surface area is 281 Å². The molecule has 0 radical (unpaired) electrons. The van der Waals surface area contributed by atoms with E-state index in [1.165, 1.54) is 12.4 Å². The number of alkyl halides is 3. The largest absolute Gasteiger partial charge is 0.490 e. The topological polar surface area (TPSA) is 170 Å². The number of aliphatic carboxylic acids is 1. The molecule has 3 N–H and O–H groups in total. The Bertz CT molecular complexity index is 2040. The van der Waals surface area contributed by atoms with E-state index < -0.39 is 12.1 Å². The van der Waals surface area contributed by atoms with Crippen LogP contribution >= 0.6 is 11.6 Å². The van der Waals surface area contributed by atoms with Gasteiger partial charge in [-0.05, 0) is 49.2 Å². The third-order valence-electron chi connectivity index (χ3n) is 7.67. The minimum absolute atomic E-state index is 0.0632. The lowest BCUT2D eigenvalue weighted by Gasteiger charge is -2.22. The van der Waals surface area contributed by atoms with Gasteiger partial charge in [0.25, 0.3) is 5.56 Å². The molecule has 6 rings (SSSR count). The van der Waals surface area contributed by atoms with Crippen molar-refractivity contribution in [3.8, 4) is 22.5 Å². The minimum atomic E-state index is -5.08. The molecule has 1 aliphatic rings. The Hall–Kier alpha value is -5.64. The molecule has 1 amide bonds. The van der Waals surface area contributed by atoms with Crippen LogP contribution in [0.5, 0.6) is 0 Å². The molecule has 5 aromatic rings. The van der Waals surface area contributed by atoms with E-state index in [9.17, 15) is 22.8 Å². The van der Waals surface area contributed by atoms with Crippen molar-refractivity contribution in [1.29, 1.82) is 0 Å². The van der Waals surface area contributed by atoms with Gasteiger partial charge in [-0.2, -0.15) is 18.3 Å². The van der Waals surface area contributed by atoms with Gasteiger partial charge in [0.15, 0.2) is 0 Å². The number of carboxylic acids is 1. The van der Waals surface area contributed by atoms with E-state index in [1.54, 1.807) is 52.4 Å². The minimum Gasteiger partial charge on any atom is -0.475 e. The summed E-state index contributed by atoms with van der Waals surface area (Å²) >= 11 is 6.34. The Balaban J connectivity index is 0.000000606. The number of hydrogen-bond acceptors (Lipinski definition) is 9. The zero-order chi connectivity index (χ0) is 35.3. The Morgan fingerprint density at radius 3 is 2.53 bits per heavy atom. The van der Waals surface area contributed by atoms with Crippen LogP contribution in [-0.2, 0) is 16.6 Å². The molecule has 0 aliphatic carbocycles. The zero-order valence-corrected chi connectivity index (χ0v) is 26.8. The predicted octanol–water partition coefficient (Wildman–Crippen LogP) is 5.87. The second-order valence-corrected chi connectivity index (χ2v) is 11.5. The summed E-state index contributed by atoms with van der Waals surface area (Å²) in [5.74, 6) is -2.44. The second kappa shape index (κ2) is 14.6. The molecule has 17 heteroatoms. The van der Waals surface area contributed by atoms with Gasteiger partial charge in [-0.1, -0.05) is 24.9 Å². The summed E-state index contributed by atoms with van der Waals surface area (Å²) in [6.07, 6.45) is 4.90. The van der Waals surface area contributed by atoms with E-state index in [0.717, 1.165) is 17.0 Å². The molecule has 1 aliphatic heterocycles. The van der Waals surface area contributed by atoms with Crippen molar-refractivity contribution >= 4 is 40.7 Å². The monoisotopic (exact) mass is 695 g/mol. The molecular weight excluding hydrogens is 667 g/mol. The highest BCUT2D eigenvalue weighted by Crippen LogP contribution is 2.34. The number of amides is 1. The lowest BCUT2D eigenvalue weighted by atomic mass is 9.97. The first kappa shape index (κ1) is 34.7. The van der Waals surface area contributed by atoms with Crippen molar-refractivity contribution in [1.82, 2.24) is 34.3 Å². The summed E-state index contributed by atoms with van der Waals surface area (Å²) in [6, 6.07) is 12.0. The van der Waals surface area contributed by atoms with Crippen molar-refractivity contribution in [2.75, 3.05) is 10.6 Å². The third-order valence-corrected chi connectivity index (χ3v) is 7.91. The van der Waals surface area contributed by atoms with E-state index in [-0.39, 0.29) is 23.4 Å². The number of carbonyl (C=O) groups excluding carboxylic acids is 1. The van der Waals surface area contributed by atoms with Crippen LogP contribution in [0.15, 0.2) is 78.5 Å². The highest BCUT2D eigenvalue weighted by Gasteiger charge is 2.38. The number of aryl methyl sites for hydroxylation is 1. The number of aromatic nitrogens is 7. The first-order chi connectivity index (χ1) is 23.3. The SMILES string of the molecule is C[C@@H]1CCC[C@H](n2cnc(-c3cc(Cl)ccc3Nc3ccncn3)cc2=O)c2cc(ccn2)-c2c(cnn2C)NC1=O.O=C(O)C(F)(F)F. The highest BCUT2D eigenvalue weighted by atomic mass is 35.5. The van der Waals surface area contributed by atoms with E-state index in [4.69, 9.17) is 26.5 Å². The van der Waals surface area contributed by atoms with E-state index in [1.807, 2.05) is 32.2 Å². The number of hydrogen-bond donors (Lipinski definition) is 3. The fraction of sp³-hybridized carbons (Fsp3) is 0.250. The van der Waals surface area contributed by atoms with E-state index in [0.29, 0.717) is 52.7 Å². The molecule has 2 bridgehead atoms. The Morgan fingerprint density at radius 1 is 1.06 bits per heavy atom. The second-order valence-electron chi connectivity index (χ2n) is 11.1. The van der Waals surface area contributed by atoms with Crippen LogP contribution in [0, 0.1) is 5.92 Å². The maximum absolute atomic E-state index is 13.7. The van der Waals surface area contributed by atoms with Gasteiger partial charge in [0.1, 0.15) is 12.1 Å². The van der Waals surface area contributed by atoms with Gasteiger partial charge in [-0.15, -0.1) is 0 Å². The van der Waals surface area contributed by atoms with Gasteiger partial charge in [-0.3, -0.25) is 23.8 Å². The van der Waals surface area contributed by atoms with Gasteiger partial charge in [0.05, 0.1) is 41.3 Å². The van der Waals surface area contributed by atoms with Gasteiger partial charge >= 0.3 is 12.1 Å². The molecule has 254 valence electrons. The number of fused-ring (bicyclic) bond motifs is 4. The maximum Gasteiger partial charge on any atom is 0.490 e. The number of anilines is 3. The number of carbonyl (C=O) groups is 2. The van der Waals surface area contributed by atoms with Crippen LogP contribution in [0.4, 0.5) is 30.4 Å². The van der Waals surface area contributed by atoms with Crippen molar-refractivity contribution in [3.05, 3.63) is 94.8 Å². The Kier molecular flexibility index (Phi) is 10.4. The molecule has 0 spiro atoms. The lowest BCUT2D eigenvalue weighted by Crippen LogP contribution is -2.27. The van der Waals surface area contributed by atoms with Gasteiger partial charge in [-0.25, -0.2) is 19.7 Å². The molecule has 0 saturated heterocycles. The summed E-state index contributed by atoms with van der Waals surface area (Å²) < 4.78 is 35.1. The standard InChI is InChI=1S/C30H28ClN9O2.C2HF3O2/c1-18-4-3-5-26(24-12-19(8-11-33-24)29-25(38-30(18)42)15-36-39(29)2)40-17-35-23(14-28(40)41)21-13-20(31)6-7-22(21)37-27-9-10-32-16-34-27;3-2(4,5)1(6)7/h6-18,26H,3-5H2,1-2H3,(H,38,42)(H,32,34,37);(H,6,7)/t18-,26+;/m1./s1. The maximum atomic E-state index is 13.7. The summed E-state index contributed by atoms with van der Waals surface area (Å²) in [7, 11) is 1.83. The number of benzene rings is 1. The highest BCUT2D eigenvalue weighted by molar-refractivity contribution is 6.31. The number of rotatable bonds is 4. The first-order valence-corrected chi connectivity index (χ1v) is 15.2. The van der Waals surface area contributed by atoms with Crippen LogP contribution in [0.1, 0.15) is 37.9 Å². The number of pyridine rings is 1. The van der Waals surface area contributed by atoms with Crippen molar-refractivity contribution in [2.24, 2.45) is 13.0 Å². The normalized spacial score (nSPS) is 16.2. The molecule has 0 saturated carbocycles. The molecule has 49 heavy (non-hydrogen) atoms. The summed E-state index contributed by atoms with van der Waals surface area (Å²) in [6.45, 7) is 1.91. The van der Waals surface area contributed by atoms with Crippen molar-refractivity contribution in [2.45, 2.75) is 38.4 Å². The number of carboxylic acid groups (broad SMARTS) is 1. The van der Waals surface area contributed by atoms with Crippen LogP contribution < -0.4 is 16.2 Å². The van der Waals surface area contributed by atoms with Crippen LogP contribution in [0.25, 0.3) is 22.5 Å². The predicted molar refractivity (Wildman–Crippen MR) is 174 cm³/mol. The number of nitrogens with zero attached hydrogens (tertiary/aromatic N) is 7. The third kappa shape index (κ3) is 8.27. The molecule has 4 aromatic heterocycles. The van der Waals surface area contributed by atoms with Gasteiger partial charge in [0, 0.05) is 53.3 Å². The lowest BCUT2D eigenvalue weighted by molar-refractivity contribution is -0.192. The van der Waals surface area contributed by atoms with Crippen LogP contribution in [0.3, 0.4) is 0 Å². The zero-order valence-electron chi connectivity index (χ0n) is 26.0. The fourth-order valence-electron chi connectivity index (χ4n) is 5.21. The molecular formula is C32H29ClF3N9O4. The first-order valence-electron chi connectivity index (χ1n) is 14.8. The Morgan fingerprint density at radius 2 is 1.84 bits per heavy atom. The molecule has 0 fully saturated rings. The van der Waals surface area contributed by atoms with Crippen LogP contribution in [0.2, 0.25) is 5.02 Å². The molecule has 1 aromatic carbocycles. The van der Waals surface area contributed by atoms with Gasteiger partial charge in [0.2, 0.25) is 5.91 Å². The molecule has 2 atom stereocenters. The molecule has 0 unspecified atom stereocenters. The number of halogens is 4. The molecule has 5 heterocycles. The van der Waals surface area contributed by atoms with Gasteiger partial charge < -0.3 is 15.7 Å². The average molecular weight is 696 g/mol. The van der Waals surface area contributed by atoms with Crippen molar-refractivity contribution in [3.63, 3.8) is 0 Å². The smallest absolute Gasteiger partial charge is 0.475 e. The summed E-state index contributed by atoms with van der Waals surface area (Å²) in [5.41, 5.74) is 4.56. The summed E-state index contributed by atoms with van der Waals surface area (Å²) in [4.78, 5) is 53.1. The average Bonchev–Trinajstić information content (AvgIpc) is 3.43. The van der Waals surface area contributed by atoms with E-state index in [2.05, 4.69) is 30.7 Å². The quantitative estimate of drug-likeness (QED) is 0.207. The number of nitrogens with one attached hydrogen (secondary N) is 2. The summed E-state index contributed by atoms with van der Waals surface area (Å²) in [5, 5.41) is 18.3. The fourth-order valence-corrected chi connectivity index (χ4v) is 5.39. The van der Waals surface area contributed by atoms with E-state index >= 15 is 0 Å². The van der Waals surface area contributed by atoms with Crippen molar-refractivity contribution < 1.29 is 27.9 Å². The van der Waals surface area contributed by atoms with Crippen LogP contribution in [-0.4, -0.2) is 57.4 Å². The molecule has 13 nitrogen and oxygen atoms in total.